The van der Waals surface area contributed by atoms with Gasteiger partial charge in [-0.3, -0.25) is 14.8 Å². The van der Waals surface area contributed by atoms with Gasteiger partial charge in [-0.2, -0.15) is 5.10 Å². The topological polar surface area (TPSA) is 49.0 Å². The average Bonchev–Trinajstić information content (AvgIpc) is 3.16. The van der Waals surface area contributed by atoms with Crippen molar-refractivity contribution in [2.45, 2.75) is 39.2 Å². The molecule has 4 heteroatoms. The first kappa shape index (κ1) is 17.9. The summed E-state index contributed by atoms with van der Waals surface area (Å²) >= 11 is 0. The van der Waals surface area contributed by atoms with Crippen LogP contribution >= 0.6 is 0 Å². The largest absolute Gasteiger partial charge is 0.297 e. The van der Waals surface area contributed by atoms with Crippen molar-refractivity contribution in [3.63, 3.8) is 0 Å². The predicted molar refractivity (Wildman–Crippen MR) is 109 cm³/mol. The van der Waals surface area contributed by atoms with E-state index in [0.717, 1.165) is 60.2 Å². The van der Waals surface area contributed by atoms with E-state index in [9.17, 15) is 4.79 Å². The zero-order valence-electron chi connectivity index (χ0n) is 16.1. The van der Waals surface area contributed by atoms with Gasteiger partial charge in [0.05, 0.1) is 5.69 Å². The lowest BCUT2D eigenvalue weighted by atomic mass is 9.88. The Bertz CT molecular complexity index is 938. The fraction of sp³-hybridized carbons (Fsp3) is 0.391. The molecule has 0 aliphatic carbocycles. The van der Waals surface area contributed by atoms with E-state index in [1.165, 1.54) is 0 Å². The SMILES string of the molecule is CC(C)c1cc(CN2CCC[C@H](C(=O)c3cccc4ccccc34)C2)[nH]n1. The molecule has 4 rings (SSSR count). The molecule has 1 aliphatic rings. The summed E-state index contributed by atoms with van der Waals surface area (Å²) in [5.74, 6) is 0.776. The fourth-order valence-electron chi connectivity index (χ4n) is 4.07. The molecule has 2 heterocycles. The Hall–Kier alpha value is -2.46. The second kappa shape index (κ2) is 7.65. The second-order valence-electron chi connectivity index (χ2n) is 7.94. The highest BCUT2D eigenvalue weighted by atomic mass is 16.1. The monoisotopic (exact) mass is 361 g/mol. The Morgan fingerprint density at radius 1 is 1.22 bits per heavy atom. The number of aromatic amines is 1. The molecule has 0 bridgehead atoms. The summed E-state index contributed by atoms with van der Waals surface area (Å²) in [5.41, 5.74) is 3.10. The normalized spacial score (nSPS) is 18.3. The highest BCUT2D eigenvalue weighted by molar-refractivity contribution is 6.09. The maximum absolute atomic E-state index is 13.3. The zero-order chi connectivity index (χ0) is 18.8. The van der Waals surface area contributed by atoms with Gasteiger partial charge in [-0.15, -0.1) is 0 Å². The van der Waals surface area contributed by atoms with E-state index in [4.69, 9.17) is 0 Å². The molecular weight excluding hydrogens is 334 g/mol. The number of rotatable bonds is 5. The molecule has 1 fully saturated rings. The van der Waals surface area contributed by atoms with Crippen LogP contribution in [0, 0.1) is 5.92 Å². The van der Waals surface area contributed by atoms with Crippen molar-refractivity contribution in [2.24, 2.45) is 5.92 Å². The first-order valence-corrected chi connectivity index (χ1v) is 9.90. The summed E-state index contributed by atoms with van der Waals surface area (Å²) in [7, 11) is 0. The van der Waals surface area contributed by atoms with E-state index in [2.05, 4.69) is 53.2 Å². The molecule has 2 aromatic carbocycles. The van der Waals surface area contributed by atoms with Crippen molar-refractivity contribution >= 4 is 16.6 Å². The quantitative estimate of drug-likeness (QED) is 0.665. The molecular formula is C23H27N3O. The Balaban J connectivity index is 1.49. The number of nitrogens with zero attached hydrogens (tertiary/aromatic N) is 2. The molecule has 1 aromatic heterocycles. The van der Waals surface area contributed by atoms with Crippen molar-refractivity contribution < 1.29 is 4.79 Å². The van der Waals surface area contributed by atoms with Crippen LogP contribution in [0.3, 0.4) is 0 Å². The minimum atomic E-state index is 0.0667. The number of H-pyrrole nitrogens is 1. The molecule has 0 spiro atoms. The second-order valence-corrected chi connectivity index (χ2v) is 7.94. The lowest BCUT2D eigenvalue weighted by Crippen LogP contribution is -2.38. The number of carbonyl (C=O) groups excluding carboxylic acids is 1. The van der Waals surface area contributed by atoms with Gasteiger partial charge < -0.3 is 0 Å². The van der Waals surface area contributed by atoms with Crippen LogP contribution in [0.15, 0.2) is 48.5 Å². The van der Waals surface area contributed by atoms with Gasteiger partial charge in [0, 0.05) is 30.3 Å². The van der Waals surface area contributed by atoms with E-state index in [0.29, 0.717) is 5.92 Å². The summed E-state index contributed by atoms with van der Waals surface area (Å²) in [4.78, 5) is 15.6. The first-order valence-electron chi connectivity index (χ1n) is 9.90. The first-order chi connectivity index (χ1) is 13.1. The molecule has 4 nitrogen and oxygen atoms in total. The van der Waals surface area contributed by atoms with Crippen LogP contribution in [0.2, 0.25) is 0 Å². The number of Topliss-reactive ketones (excluding diaryl/α,β-unsaturated/α-hetero) is 1. The molecule has 0 radical (unpaired) electrons. The molecule has 27 heavy (non-hydrogen) atoms. The van der Waals surface area contributed by atoms with E-state index in [1.54, 1.807) is 0 Å². The minimum Gasteiger partial charge on any atom is -0.297 e. The third-order valence-corrected chi connectivity index (χ3v) is 5.57. The van der Waals surface area contributed by atoms with E-state index >= 15 is 0 Å². The maximum atomic E-state index is 13.3. The van der Waals surface area contributed by atoms with Crippen LogP contribution in [-0.4, -0.2) is 34.0 Å². The summed E-state index contributed by atoms with van der Waals surface area (Å²) in [6.45, 7) is 6.99. The van der Waals surface area contributed by atoms with E-state index in [-0.39, 0.29) is 11.7 Å². The molecule has 0 saturated carbocycles. The summed E-state index contributed by atoms with van der Waals surface area (Å²) < 4.78 is 0. The number of hydrogen-bond acceptors (Lipinski definition) is 3. The number of hydrogen-bond donors (Lipinski definition) is 1. The van der Waals surface area contributed by atoms with Crippen LogP contribution in [0.1, 0.15) is 54.4 Å². The minimum absolute atomic E-state index is 0.0667. The highest BCUT2D eigenvalue weighted by Crippen LogP contribution is 2.26. The van der Waals surface area contributed by atoms with Crippen molar-refractivity contribution in [2.75, 3.05) is 13.1 Å². The molecule has 3 aromatic rings. The van der Waals surface area contributed by atoms with Gasteiger partial charge >= 0.3 is 0 Å². The van der Waals surface area contributed by atoms with E-state index < -0.39 is 0 Å². The number of piperidine rings is 1. The van der Waals surface area contributed by atoms with Gasteiger partial charge in [0.1, 0.15) is 0 Å². The number of nitrogens with one attached hydrogen (secondary N) is 1. The van der Waals surface area contributed by atoms with Crippen molar-refractivity contribution in [1.82, 2.24) is 15.1 Å². The fourth-order valence-corrected chi connectivity index (χ4v) is 4.07. The molecule has 1 saturated heterocycles. The number of ketones is 1. The predicted octanol–water partition coefficient (Wildman–Crippen LogP) is 4.78. The highest BCUT2D eigenvalue weighted by Gasteiger charge is 2.27. The average molecular weight is 361 g/mol. The molecule has 0 unspecified atom stereocenters. The number of carbonyl (C=O) groups is 1. The zero-order valence-corrected chi connectivity index (χ0v) is 16.1. The summed E-state index contributed by atoms with van der Waals surface area (Å²) in [5, 5.41) is 9.76. The van der Waals surface area contributed by atoms with Crippen LogP contribution in [-0.2, 0) is 6.54 Å². The van der Waals surface area contributed by atoms with Crippen LogP contribution in [0.5, 0.6) is 0 Å². The standard InChI is InChI=1S/C23H27N3O/c1-16(2)22-13-19(24-25-22)15-26-12-6-9-18(14-26)23(27)21-11-5-8-17-7-3-4-10-20(17)21/h3-5,7-8,10-11,13,16,18H,6,9,12,14-15H2,1-2H3,(H,24,25)/t18-/m0/s1. The molecule has 1 atom stereocenters. The third kappa shape index (κ3) is 3.81. The Labute approximate surface area is 160 Å². The Kier molecular flexibility index (Phi) is 5.08. The number of aromatic nitrogens is 2. The van der Waals surface area contributed by atoms with Gasteiger partial charge in [-0.05, 0) is 42.1 Å². The van der Waals surface area contributed by atoms with Crippen molar-refractivity contribution in [3.8, 4) is 0 Å². The molecule has 1 N–H and O–H groups in total. The van der Waals surface area contributed by atoms with Crippen molar-refractivity contribution in [3.05, 3.63) is 65.5 Å². The summed E-state index contributed by atoms with van der Waals surface area (Å²) in [6.07, 6.45) is 2.03. The molecule has 1 aliphatic heterocycles. The maximum Gasteiger partial charge on any atom is 0.167 e. The number of benzene rings is 2. The number of likely N-dealkylation sites (tertiary alicyclic amines) is 1. The van der Waals surface area contributed by atoms with E-state index in [1.807, 2.05) is 24.3 Å². The van der Waals surface area contributed by atoms with Crippen molar-refractivity contribution in [1.29, 1.82) is 0 Å². The van der Waals surface area contributed by atoms with Crippen LogP contribution in [0.4, 0.5) is 0 Å². The lowest BCUT2D eigenvalue weighted by Gasteiger charge is -2.31. The Morgan fingerprint density at radius 2 is 2.04 bits per heavy atom. The third-order valence-electron chi connectivity index (χ3n) is 5.57. The van der Waals surface area contributed by atoms with Gasteiger partial charge in [-0.25, -0.2) is 0 Å². The van der Waals surface area contributed by atoms with Crippen LogP contribution < -0.4 is 0 Å². The Morgan fingerprint density at radius 3 is 2.85 bits per heavy atom. The van der Waals surface area contributed by atoms with Gasteiger partial charge in [-0.1, -0.05) is 56.3 Å². The van der Waals surface area contributed by atoms with Gasteiger partial charge in [0.15, 0.2) is 5.78 Å². The lowest BCUT2D eigenvalue weighted by molar-refractivity contribution is 0.0812. The summed E-state index contributed by atoms with van der Waals surface area (Å²) in [6, 6.07) is 16.4. The molecule has 0 amide bonds. The van der Waals surface area contributed by atoms with Crippen LogP contribution in [0.25, 0.3) is 10.8 Å². The molecule has 140 valence electrons. The number of fused-ring (bicyclic) bond motifs is 1. The smallest absolute Gasteiger partial charge is 0.167 e. The van der Waals surface area contributed by atoms with Gasteiger partial charge in [0.2, 0.25) is 0 Å². The van der Waals surface area contributed by atoms with Gasteiger partial charge in [0.25, 0.3) is 0 Å².